The molecule has 0 spiro atoms. The summed E-state index contributed by atoms with van der Waals surface area (Å²) in [6.07, 6.45) is 0. The molecule has 98 valence electrons. The number of nitrogens with one attached hydrogen (secondary N) is 1. The highest BCUT2D eigenvalue weighted by molar-refractivity contribution is 7.71. The lowest BCUT2D eigenvalue weighted by molar-refractivity contribution is 0.0696. The van der Waals surface area contributed by atoms with Crippen molar-refractivity contribution < 1.29 is 9.90 Å². The molecule has 2 aromatic rings. The largest absolute Gasteiger partial charge is 0.478 e. The summed E-state index contributed by atoms with van der Waals surface area (Å²) in [7, 11) is 0. The van der Waals surface area contributed by atoms with Gasteiger partial charge < -0.3 is 10.1 Å². The number of carboxylic acid groups (broad SMARTS) is 1. The number of pyridine rings is 1. The zero-order chi connectivity index (χ0) is 14.2. The molecule has 0 aliphatic carbocycles. The molecule has 0 fully saturated rings. The Kier molecular flexibility index (Phi) is 3.53. The van der Waals surface area contributed by atoms with Crippen LogP contribution in [0.1, 0.15) is 27.0 Å². The van der Waals surface area contributed by atoms with E-state index in [2.05, 4.69) is 24.0 Å². The van der Waals surface area contributed by atoms with Crippen molar-refractivity contribution in [3.05, 3.63) is 51.2 Å². The van der Waals surface area contributed by atoms with Crippen molar-refractivity contribution in [3.8, 4) is 11.3 Å². The van der Waals surface area contributed by atoms with Gasteiger partial charge in [-0.15, -0.1) is 0 Å². The Hall–Kier alpha value is -1.94. The number of hydrogen-bond donors (Lipinski definition) is 2. The fraction of sp³-hybridized carbons (Fsp3) is 0.200. The van der Waals surface area contributed by atoms with Gasteiger partial charge in [0.25, 0.3) is 0 Å². The Bertz CT molecular complexity index is 693. The summed E-state index contributed by atoms with van der Waals surface area (Å²) in [5.74, 6) is -1.01. The van der Waals surface area contributed by atoms with Crippen LogP contribution >= 0.6 is 12.2 Å². The molecule has 1 aromatic carbocycles. The van der Waals surface area contributed by atoms with E-state index in [0.29, 0.717) is 0 Å². The fourth-order valence-electron chi connectivity index (χ4n) is 2.39. The average molecular weight is 273 g/mol. The lowest BCUT2D eigenvalue weighted by Gasteiger charge is -2.12. The van der Waals surface area contributed by atoms with Crippen molar-refractivity contribution in [1.29, 1.82) is 0 Å². The molecular formula is C15H15NO2S. The van der Waals surface area contributed by atoms with E-state index < -0.39 is 5.97 Å². The predicted molar refractivity (Wildman–Crippen MR) is 78.2 cm³/mol. The molecule has 0 radical (unpaired) electrons. The van der Waals surface area contributed by atoms with Gasteiger partial charge in [-0.05, 0) is 44.0 Å². The quantitative estimate of drug-likeness (QED) is 0.812. The van der Waals surface area contributed by atoms with Gasteiger partial charge in [0.05, 0.1) is 5.56 Å². The van der Waals surface area contributed by atoms with Crippen molar-refractivity contribution in [2.45, 2.75) is 20.8 Å². The summed E-state index contributed by atoms with van der Waals surface area (Å²) in [5.41, 5.74) is 5.55. The average Bonchev–Trinajstić information content (AvgIpc) is 2.26. The summed E-state index contributed by atoms with van der Waals surface area (Å²) in [5, 5.41) is 8.99. The van der Waals surface area contributed by atoms with E-state index in [9.17, 15) is 4.79 Å². The number of aromatic nitrogens is 1. The van der Waals surface area contributed by atoms with Crippen molar-refractivity contribution >= 4 is 18.2 Å². The molecule has 0 amide bonds. The van der Waals surface area contributed by atoms with E-state index in [1.54, 1.807) is 12.1 Å². The SMILES string of the molecule is Cc1cc(C)c(-c2ccc(C(=O)O)c(=S)[nH]2)c(C)c1. The number of carbonyl (C=O) groups is 1. The molecule has 2 rings (SSSR count). The maximum Gasteiger partial charge on any atom is 0.338 e. The minimum absolute atomic E-state index is 0.126. The highest BCUT2D eigenvalue weighted by Gasteiger charge is 2.10. The van der Waals surface area contributed by atoms with Crippen LogP contribution in [0, 0.1) is 25.4 Å². The molecule has 1 heterocycles. The van der Waals surface area contributed by atoms with Gasteiger partial charge in [-0.1, -0.05) is 29.9 Å². The third-order valence-corrected chi connectivity index (χ3v) is 3.41. The minimum atomic E-state index is -1.01. The Morgan fingerprint density at radius 3 is 2.21 bits per heavy atom. The third kappa shape index (κ3) is 2.58. The van der Waals surface area contributed by atoms with Crippen molar-refractivity contribution in [2.24, 2.45) is 0 Å². The van der Waals surface area contributed by atoms with Gasteiger partial charge >= 0.3 is 5.97 Å². The predicted octanol–water partition coefficient (Wildman–Crippen LogP) is 4.03. The summed E-state index contributed by atoms with van der Waals surface area (Å²) in [6.45, 7) is 6.13. The Labute approximate surface area is 116 Å². The third-order valence-electron chi connectivity index (χ3n) is 3.09. The van der Waals surface area contributed by atoms with Gasteiger partial charge in [-0.2, -0.15) is 0 Å². The number of H-pyrrole nitrogens is 1. The van der Waals surface area contributed by atoms with Crippen LogP contribution in [0.15, 0.2) is 24.3 Å². The van der Waals surface area contributed by atoms with Gasteiger partial charge in [-0.3, -0.25) is 0 Å². The van der Waals surface area contributed by atoms with Gasteiger partial charge in [0.15, 0.2) is 0 Å². The first-order valence-electron chi connectivity index (χ1n) is 5.95. The minimum Gasteiger partial charge on any atom is -0.478 e. The molecule has 0 aliphatic heterocycles. The monoisotopic (exact) mass is 273 g/mol. The molecule has 1 aromatic heterocycles. The first-order valence-corrected chi connectivity index (χ1v) is 6.36. The van der Waals surface area contributed by atoms with E-state index in [-0.39, 0.29) is 10.2 Å². The number of aryl methyl sites for hydroxylation is 3. The van der Waals surface area contributed by atoms with Crippen molar-refractivity contribution in [3.63, 3.8) is 0 Å². The van der Waals surface area contributed by atoms with Crippen molar-refractivity contribution in [1.82, 2.24) is 4.98 Å². The maximum absolute atomic E-state index is 11.0. The van der Waals surface area contributed by atoms with Crippen LogP contribution in [0.3, 0.4) is 0 Å². The van der Waals surface area contributed by atoms with E-state index >= 15 is 0 Å². The molecule has 0 saturated carbocycles. The summed E-state index contributed by atoms with van der Waals surface area (Å²) >= 11 is 5.09. The number of carboxylic acids is 1. The number of aromatic amines is 1. The van der Waals surface area contributed by atoms with Gasteiger partial charge in [0.2, 0.25) is 0 Å². The molecule has 0 aliphatic rings. The number of rotatable bonds is 2. The lowest BCUT2D eigenvalue weighted by atomic mass is 9.97. The lowest BCUT2D eigenvalue weighted by Crippen LogP contribution is -2.00. The highest BCUT2D eigenvalue weighted by Crippen LogP contribution is 2.27. The van der Waals surface area contributed by atoms with Crippen LogP contribution in [-0.2, 0) is 0 Å². The Balaban J connectivity index is 2.64. The van der Waals surface area contributed by atoms with E-state index in [1.807, 2.05) is 13.8 Å². The van der Waals surface area contributed by atoms with Crippen LogP contribution in [0.5, 0.6) is 0 Å². The topological polar surface area (TPSA) is 53.1 Å². The smallest absolute Gasteiger partial charge is 0.338 e. The molecule has 19 heavy (non-hydrogen) atoms. The standard InChI is InChI=1S/C15H15NO2S/c1-8-6-9(2)13(10(3)7-8)12-5-4-11(15(17)18)14(19)16-12/h4-7H,1-3H3,(H,16,19)(H,17,18). The zero-order valence-corrected chi connectivity index (χ0v) is 11.9. The van der Waals surface area contributed by atoms with Gasteiger partial charge in [-0.25, -0.2) is 4.79 Å². The van der Waals surface area contributed by atoms with Crippen molar-refractivity contribution in [2.75, 3.05) is 0 Å². The van der Waals surface area contributed by atoms with Gasteiger partial charge in [0.1, 0.15) is 4.64 Å². The maximum atomic E-state index is 11.0. The van der Waals surface area contributed by atoms with E-state index in [4.69, 9.17) is 17.3 Å². The first-order chi connectivity index (χ1) is 8.90. The second-order valence-corrected chi connectivity index (χ2v) is 5.10. The molecule has 0 atom stereocenters. The van der Waals surface area contributed by atoms with E-state index in [0.717, 1.165) is 22.4 Å². The number of aromatic carboxylic acids is 1. The zero-order valence-electron chi connectivity index (χ0n) is 11.1. The fourth-order valence-corrected chi connectivity index (χ4v) is 2.66. The molecule has 2 N–H and O–H groups in total. The van der Waals surface area contributed by atoms with Gasteiger partial charge in [0, 0.05) is 11.3 Å². The second kappa shape index (κ2) is 4.97. The molecular weight excluding hydrogens is 258 g/mol. The van der Waals surface area contributed by atoms with Crippen LogP contribution in [0.2, 0.25) is 0 Å². The molecule has 3 nitrogen and oxygen atoms in total. The van der Waals surface area contributed by atoms with Crippen LogP contribution in [0.25, 0.3) is 11.3 Å². The molecule has 0 unspecified atom stereocenters. The molecule has 0 bridgehead atoms. The van der Waals surface area contributed by atoms with Crippen LogP contribution in [0.4, 0.5) is 0 Å². The normalized spacial score (nSPS) is 10.5. The second-order valence-electron chi connectivity index (χ2n) is 4.69. The first kappa shape index (κ1) is 13.5. The molecule has 4 heteroatoms. The summed E-state index contributed by atoms with van der Waals surface area (Å²) in [6, 6.07) is 7.52. The Morgan fingerprint density at radius 2 is 1.74 bits per heavy atom. The molecule has 0 saturated heterocycles. The van der Waals surface area contributed by atoms with Crippen LogP contribution in [-0.4, -0.2) is 16.1 Å². The summed E-state index contributed by atoms with van der Waals surface area (Å²) < 4.78 is 0.254. The summed E-state index contributed by atoms with van der Waals surface area (Å²) in [4.78, 5) is 14.0. The number of hydrogen-bond acceptors (Lipinski definition) is 2. The van der Waals surface area contributed by atoms with E-state index in [1.165, 1.54) is 5.56 Å². The number of benzene rings is 1. The highest BCUT2D eigenvalue weighted by atomic mass is 32.1. The Morgan fingerprint density at radius 1 is 1.16 bits per heavy atom. The van der Waals surface area contributed by atoms with Crippen LogP contribution < -0.4 is 0 Å².